The third-order valence-electron chi connectivity index (χ3n) is 9.39. The summed E-state index contributed by atoms with van der Waals surface area (Å²) in [5.41, 5.74) is 2.36. The summed E-state index contributed by atoms with van der Waals surface area (Å²) in [7, 11) is 1.51. The first-order chi connectivity index (χ1) is 20.7. The van der Waals surface area contributed by atoms with Gasteiger partial charge in [-0.25, -0.2) is 0 Å². The van der Waals surface area contributed by atoms with Crippen LogP contribution in [0.1, 0.15) is 24.3 Å². The maximum atomic E-state index is 14.2. The molecule has 6 atom stereocenters. The van der Waals surface area contributed by atoms with Crippen LogP contribution in [0.25, 0.3) is 0 Å². The number of nitrogens with zero attached hydrogens (tertiary/aromatic N) is 2. The van der Waals surface area contributed by atoms with Gasteiger partial charge in [0.05, 0.1) is 42.2 Å². The number of phenols is 1. The summed E-state index contributed by atoms with van der Waals surface area (Å²) in [4.78, 5) is 58.6. The lowest BCUT2D eigenvalue weighted by atomic mass is 9.57. The van der Waals surface area contributed by atoms with E-state index in [0.717, 1.165) is 12.7 Å². The number of phenolic OH excluding ortho intramolecular Hbond substituents is 1. The normalized spacial score (nSPS) is 28.0. The first-order valence-corrected chi connectivity index (χ1v) is 16.2. The molecular weight excluding hydrogens is 774 g/mol. The van der Waals surface area contributed by atoms with E-state index in [0.29, 0.717) is 29.1 Å². The molecule has 8 nitrogen and oxygen atoms in total. The maximum Gasteiger partial charge on any atom is 0.238 e. The Morgan fingerprint density at radius 1 is 0.721 bits per heavy atom. The Balaban J connectivity index is 1.34. The van der Waals surface area contributed by atoms with Crippen LogP contribution >= 0.6 is 45.2 Å². The van der Waals surface area contributed by atoms with Crippen LogP contribution in [-0.2, 0) is 19.2 Å². The van der Waals surface area contributed by atoms with E-state index in [1.807, 2.05) is 30.3 Å². The lowest BCUT2D eigenvalue weighted by Gasteiger charge is -2.44. The van der Waals surface area contributed by atoms with Gasteiger partial charge in [-0.3, -0.25) is 29.0 Å². The molecule has 0 aromatic heterocycles. The maximum absolute atomic E-state index is 14.2. The predicted molar refractivity (Wildman–Crippen MR) is 175 cm³/mol. The highest BCUT2D eigenvalue weighted by Crippen LogP contribution is 2.59. The van der Waals surface area contributed by atoms with Gasteiger partial charge in [0.25, 0.3) is 0 Å². The number of methoxy groups -OCH3 is 1. The second-order valence-electron chi connectivity index (χ2n) is 11.4. The molecule has 43 heavy (non-hydrogen) atoms. The number of ether oxygens (including phenoxy) is 1. The Hall–Kier alpha value is -3.26. The number of carbonyl (C=O) groups is 4. The van der Waals surface area contributed by atoms with E-state index in [2.05, 4.69) is 45.2 Å². The van der Waals surface area contributed by atoms with Gasteiger partial charge < -0.3 is 9.84 Å². The van der Waals surface area contributed by atoms with E-state index in [1.54, 1.807) is 36.4 Å². The zero-order valence-electron chi connectivity index (χ0n) is 22.9. The minimum atomic E-state index is -0.760. The fourth-order valence-electron chi connectivity index (χ4n) is 7.54. The van der Waals surface area contributed by atoms with Gasteiger partial charge in [-0.2, -0.15) is 0 Å². The molecule has 3 fully saturated rings. The Bertz CT molecular complexity index is 1720. The van der Waals surface area contributed by atoms with Crippen molar-refractivity contribution in [3.8, 4) is 11.5 Å². The summed E-state index contributed by atoms with van der Waals surface area (Å²) in [6, 6.07) is 19.4. The van der Waals surface area contributed by atoms with E-state index in [-0.39, 0.29) is 35.8 Å². The molecule has 1 saturated carbocycles. The molecule has 2 heterocycles. The van der Waals surface area contributed by atoms with Crippen molar-refractivity contribution in [2.45, 2.75) is 18.8 Å². The van der Waals surface area contributed by atoms with E-state index in [4.69, 9.17) is 4.74 Å². The molecular formula is C33H26I2N2O6. The van der Waals surface area contributed by atoms with Crippen LogP contribution in [0.3, 0.4) is 0 Å². The Kier molecular flexibility index (Phi) is 7.11. The topological polar surface area (TPSA) is 104 Å². The third kappa shape index (κ3) is 4.42. The Labute approximate surface area is 275 Å². The molecule has 3 aromatic carbocycles. The van der Waals surface area contributed by atoms with Gasteiger partial charge in [-0.05, 0) is 119 Å². The van der Waals surface area contributed by atoms with Crippen LogP contribution in [0, 0.1) is 36.7 Å². The SMILES string of the molecule is COc1ccc([C@H]2C3=CC[C@@H]4C(=O)N(c5ccc(I)cc5)C(=O)[C@@H]4[C@@H]3C[C@H]3C(=O)N(c4ccc(I)cc4)C(=O)[C@@H]23)c(O)c1. The average Bonchev–Trinajstić information content (AvgIpc) is 3.41. The van der Waals surface area contributed by atoms with Crippen molar-refractivity contribution in [1.82, 2.24) is 0 Å². The Morgan fingerprint density at radius 3 is 1.84 bits per heavy atom. The van der Waals surface area contributed by atoms with Gasteiger partial charge in [-0.15, -0.1) is 0 Å². The molecule has 10 heteroatoms. The van der Waals surface area contributed by atoms with Crippen molar-refractivity contribution in [2.75, 3.05) is 16.9 Å². The lowest BCUT2D eigenvalue weighted by molar-refractivity contribution is -0.126. The summed E-state index contributed by atoms with van der Waals surface area (Å²) in [5.74, 6) is -4.53. The molecule has 2 saturated heterocycles. The highest BCUT2D eigenvalue weighted by atomic mass is 127. The van der Waals surface area contributed by atoms with Crippen molar-refractivity contribution in [3.63, 3.8) is 0 Å². The van der Waals surface area contributed by atoms with E-state index in [1.165, 1.54) is 23.0 Å². The van der Waals surface area contributed by atoms with Crippen LogP contribution in [0.2, 0.25) is 0 Å². The van der Waals surface area contributed by atoms with Gasteiger partial charge in [0.15, 0.2) is 0 Å². The van der Waals surface area contributed by atoms with Gasteiger partial charge in [0.1, 0.15) is 11.5 Å². The molecule has 0 bridgehead atoms. The van der Waals surface area contributed by atoms with Crippen molar-refractivity contribution in [3.05, 3.63) is 91.1 Å². The highest BCUT2D eigenvalue weighted by molar-refractivity contribution is 14.1. The summed E-state index contributed by atoms with van der Waals surface area (Å²) < 4.78 is 7.27. The van der Waals surface area contributed by atoms with E-state index < -0.39 is 35.5 Å². The lowest BCUT2D eigenvalue weighted by Crippen LogP contribution is -2.43. The van der Waals surface area contributed by atoms with Crippen molar-refractivity contribution in [1.29, 1.82) is 0 Å². The second kappa shape index (κ2) is 10.7. The number of amides is 4. The average molecular weight is 800 g/mol. The van der Waals surface area contributed by atoms with Crippen LogP contribution in [0.4, 0.5) is 11.4 Å². The minimum absolute atomic E-state index is 0.0472. The molecule has 4 aliphatic rings. The number of hydrogen-bond acceptors (Lipinski definition) is 6. The predicted octanol–water partition coefficient (Wildman–Crippen LogP) is 5.66. The number of halogens is 2. The molecule has 218 valence electrons. The zero-order valence-corrected chi connectivity index (χ0v) is 27.3. The van der Waals surface area contributed by atoms with E-state index >= 15 is 0 Å². The van der Waals surface area contributed by atoms with Crippen LogP contribution in [-0.4, -0.2) is 35.8 Å². The number of allylic oxidation sites excluding steroid dienone is 2. The molecule has 2 aliphatic heterocycles. The third-order valence-corrected chi connectivity index (χ3v) is 10.8. The fraction of sp³-hybridized carbons (Fsp3) is 0.273. The number of imide groups is 2. The molecule has 3 aromatic rings. The monoisotopic (exact) mass is 800 g/mol. The number of rotatable bonds is 4. The molecule has 4 amide bonds. The molecule has 0 unspecified atom stereocenters. The molecule has 1 N–H and O–H groups in total. The van der Waals surface area contributed by atoms with E-state index in [9.17, 15) is 24.3 Å². The van der Waals surface area contributed by atoms with Gasteiger partial charge in [-0.1, -0.05) is 17.7 Å². The zero-order chi connectivity index (χ0) is 30.2. The molecule has 7 rings (SSSR count). The standard InChI is InChI=1S/C33H26I2N2O6/c1-43-20-10-11-22(26(38)14-20)27-21-12-13-23-28(32(41)36(30(23)39)18-6-2-16(34)3-7-18)24(21)15-25-29(27)33(42)37(31(25)40)19-8-4-17(35)5-9-19/h2-12,14,23-25,27-29,38H,13,15H2,1H3/t23-,24+,25+,27+,28-,29+/m0/s1. The van der Waals surface area contributed by atoms with Crippen LogP contribution in [0.15, 0.2) is 78.4 Å². The quantitative estimate of drug-likeness (QED) is 0.208. The molecule has 0 radical (unpaired) electrons. The highest BCUT2D eigenvalue weighted by Gasteiger charge is 2.62. The summed E-state index contributed by atoms with van der Waals surface area (Å²) in [6.45, 7) is 0. The number of hydrogen-bond donors (Lipinski definition) is 1. The van der Waals surface area contributed by atoms with Gasteiger partial charge >= 0.3 is 0 Å². The number of anilines is 2. The first-order valence-electron chi connectivity index (χ1n) is 14.0. The van der Waals surface area contributed by atoms with Crippen molar-refractivity contribution >= 4 is 80.2 Å². The summed E-state index contributed by atoms with van der Waals surface area (Å²) >= 11 is 4.35. The minimum Gasteiger partial charge on any atom is -0.508 e. The second-order valence-corrected chi connectivity index (χ2v) is 13.9. The number of aromatic hydroxyl groups is 1. The Morgan fingerprint density at radius 2 is 1.28 bits per heavy atom. The van der Waals surface area contributed by atoms with Gasteiger partial charge in [0, 0.05) is 24.7 Å². The molecule has 0 spiro atoms. The number of benzene rings is 3. The van der Waals surface area contributed by atoms with Crippen molar-refractivity contribution in [2.24, 2.45) is 29.6 Å². The number of carbonyl (C=O) groups excluding carboxylic acids is 4. The molecule has 2 aliphatic carbocycles. The smallest absolute Gasteiger partial charge is 0.238 e. The van der Waals surface area contributed by atoms with Crippen LogP contribution in [0.5, 0.6) is 11.5 Å². The number of fused-ring (bicyclic) bond motifs is 4. The summed E-state index contributed by atoms with van der Waals surface area (Å²) in [6.07, 6.45) is 2.59. The van der Waals surface area contributed by atoms with Crippen molar-refractivity contribution < 1.29 is 29.0 Å². The largest absolute Gasteiger partial charge is 0.508 e. The van der Waals surface area contributed by atoms with Gasteiger partial charge in [0.2, 0.25) is 23.6 Å². The first kappa shape index (κ1) is 28.5. The summed E-state index contributed by atoms with van der Waals surface area (Å²) in [5, 5.41) is 11.2. The van der Waals surface area contributed by atoms with Crippen LogP contribution < -0.4 is 14.5 Å². The fourth-order valence-corrected chi connectivity index (χ4v) is 8.26.